The summed E-state index contributed by atoms with van der Waals surface area (Å²) in [6, 6.07) is 5.14. The SMILES string of the molecule is FCC(F)(F)c1ccc(-c2nnc([C@@H]3OCC[C@@H]3Cn3ccnc3)o2)cc1. The first-order chi connectivity index (χ1) is 13.1. The van der Waals surface area contributed by atoms with Crippen LogP contribution in [0.4, 0.5) is 13.2 Å². The van der Waals surface area contributed by atoms with Gasteiger partial charge in [0.2, 0.25) is 11.8 Å². The van der Waals surface area contributed by atoms with E-state index in [1.54, 1.807) is 12.5 Å². The van der Waals surface area contributed by atoms with Crippen molar-refractivity contribution in [1.29, 1.82) is 0 Å². The zero-order chi connectivity index (χ0) is 18.9. The Labute approximate surface area is 153 Å². The lowest BCUT2D eigenvalue weighted by atomic mass is 10.0. The van der Waals surface area contributed by atoms with E-state index in [2.05, 4.69) is 15.2 Å². The molecule has 2 aromatic heterocycles. The number of nitrogens with zero attached hydrogens (tertiary/aromatic N) is 4. The van der Waals surface area contributed by atoms with Crippen molar-refractivity contribution in [2.75, 3.05) is 13.3 Å². The number of aromatic nitrogens is 4. The summed E-state index contributed by atoms with van der Waals surface area (Å²) in [6.45, 7) is -0.432. The Morgan fingerprint density at radius 2 is 2.00 bits per heavy atom. The quantitative estimate of drug-likeness (QED) is 0.653. The Morgan fingerprint density at radius 3 is 2.70 bits per heavy atom. The number of benzene rings is 1. The van der Waals surface area contributed by atoms with E-state index in [9.17, 15) is 13.2 Å². The predicted octanol–water partition coefficient (Wildman–Crippen LogP) is 3.77. The minimum Gasteiger partial charge on any atom is -0.418 e. The molecule has 0 aliphatic carbocycles. The second kappa shape index (κ2) is 7.15. The van der Waals surface area contributed by atoms with E-state index in [-0.39, 0.29) is 17.9 Å². The molecule has 1 fully saturated rings. The van der Waals surface area contributed by atoms with E-state index in [1.807, 2.05) is 10.8 Å². The second-order valence-corrected chi connectivity index (χ2v) is 6.46. The molecule has 27 heavy (non-hydrogen) atoms. The van der Waals surface area contributed by atoms with Crippen molar-refractivity contribution in [3.8, 4) is 11.5 Å². The van der Waals surface area contributed by atoms with E-state index in [4.69, 9.17) is 9.15 Å². The fraction of sp³-hybridized carbons (Fsp3) is 0.389. The molecule has 3 heterocycles. The zero-order valence-corrected chi connectivity index (χ0v) is 14.3. The molecule has 0 unspecified atom stereocenters. The highest BCUT2D eigenvalue weighted by molar-refractivity contribution is 5.53. The van der Waals surface area contributed by atoms with Gasteiger partial charge in [-0.25, -0.2) is 9.37 Å². The summed E-state index contributed by atoms with van der Waals surface area (Å²) < 4.78 is 52.6. The van der Waals surface area contributed by atoms with Gasteiger partial charge in [0.25, 0.3) is 0 Å². The molecule has 4 rings (SSSR count). The topological polar surface area (TPSA) is 66.0 Å². The van der Waals surface area contributed by atoms with Crippen molar-refractivity contribution in [2.24, 2.45) is 5.92 Å². The van der Waals surface area contributed by atoms with E-state index >= 15 is 0 Å². The normalized spacial score (nSPS) is 20.3. The Kier molecular flexibility index (Phi) is 4.69. The Morgan fingerprint density at radius 1 is 1.19 bits per heavy atom. The minimum atomic E-state index is -3.50. The number of rotatable bonds is 6. The maximum absolute atomic E-state index is 13.4. The summed E-state index contributed by atoms with van der Waals surface area (Å²) in [6.07, 6.45) is 5.86. The standard InChI is InChI=1S/C18H17F3N4O2/c19-10-18(20,21)14-3-1-12(2-4-14)16-23-24-17(27-16)15-13(5-8-26-15)9-25-7-6-22-11-25/h1-4,6-7,11,13,15H,5,8-10H2/t13-,15-/m1/s1. The van der Waals surface area contributed by atoms with Crippen LogP contribution < -0.4 is 0 Å². The highest BCUT2D eigenvalue weighted by atomic mass is 19.3. The molecule has 9 heteroatoms. The van der Waals surface area contributed by atoms with Gasteiger partial charge in [-0.2, -0.15) is 8.78 Å². The van der Waals surface area contributed by atoms with Gasteiger partial charge >= 0.3 is 5.92 Å². The summed E-state index contributed by atoms with van der Waals surface area (Å²) in [5.74, 6) is -2.78. The lowest BCUT2D eigenvalue weighted by molar-refractivity contribution is -0.0280. The van der Waals surface area contributed by atoms with Gasteiger partial charge in [-0.15, -0.1) is 10.2 Å². The van der Waals surface area contributed by atoms with Crippen LogP contribution in [0, 0.1) is 5.92 Å². The van der Waals surface area contributed by atoms with Crippen molar-refractivity contribution in [1.82, 2.24) is 19.7 Å². The maximum Gasteiger partial charge on any atom is 0.301 e. The van der Waals surface area contributed by atoms with Gasteiger partial charge in [0.05, 0.1) is 6.33 Å². The van der Waals surface area contributed by atoms with Gasteiger partial charge < -0.3 is 13.7 Å². The van der Waals surface area contributed by atoms with Crippen LogP contribution in [-0.2, 0) is 17.2 Å². The van der Waals surface area contributed by atoms with Crippen LogP contribution >= 0.6 is 0 Å². The first-order valence-corrected chi connectivity index (χ1v) is 8.52. The second-order valence-electron chi connectivity index (χ2n) is 6.46. The molecule has 6 nitrogen and oxygen atoms in total. The monoisotopic (exact) mass is 378 g/mol. The largest absolute Gasteiger partial charge is 0.418 e. The van der Waals surface area contributed by atoms with Crippen molar-refractivity contribution in [2.45, 2.75) is 25.0 Å². The third-order valence-corrected chi connectivity index (χ3v) is 4.62. The number of hydrogen-bond donors (Lipinski definition) is 0. The molecule has 0 saturated carbocycles. The predicted molar refractivity (Wildman–Crippen MR) is 88.6 cm³/mol. The first kappa shape index (κ1) is 17.7. The van der Waals surface area contributed by atoms with E-state index in [0.717, 1.165) is 25.1 Å². The summed E-state index contributed by atoms with van der Waals surface area (Å²) in [4.78, 5) is 4.03. The van der Waals surface area contributed by atoms with Gasteiger partial charge in [-0.05, 0) is 18.6 Å². The van der Waals surface area contributed by atoms with Crippen LogP contribution in [0.15, 0.2) is 47.4 Å². The molecule has 0 N–H and O–H groups in total. The third-order valence-electron chi connectivity index (χ3n) is 4.62. The van der Waals surface area contributed by atoms with E-state index in [1.165, 1.54) is 12.1 Å². The average Bonchev–Trinajstić information content (AvgIpc) is 3.44. The van der Waals surface area contributed by atoms with Gasteiger partial charge in [0.1, 0.15) is 6.10 Å². The van der Waals surface area contributed by atoms with Crippen LogP contribution in [-0.4, -0.2) is 33.0 Å². The molecule has 0 bridgehead atoms. The van der Waals surface area contributed by atoms with Crippen LogP contribution in [0.5, 0.6) is 0 Å². The lowest BCUT2D eigenvalue weighted by Crippen LogP contribution is -2.15. The molecule has 1 saturated heterocycles. The Bertz CT molecular complexity index is 880. The highest BCUT2D eigenvalue weighted by Gasteiger charge is 2.34. The Hall–Kier alpha value is -2.68. The molecule has 2 atom stereocenters. The summed E-state index contributed by atoms with van der Waals surface area (Å²) in [5, 5.41) is 8.06. The van der Waals surface area contributed by atoms with Gasteiger partial charge in [-0.1, -0.05) is 12.1 Å². The number of alkyl halides is 3. The van der Waals surface area contributed by atoms with E-state index < -0.39 is 18.2 Å². The molecular formula is C18H17F3N4O2. The van der Waals surface area contributed by atoms with Crippen LogP contribution in [0.1, 0.15) is 24.0 Å². The third kappa shape index (κ3) is 3.59. The number of imidazole rings is 1. The van der Waals surface area contributed by atoms with Crippen LogP contribution in [0.3, 0.4) is 0 Å². The molecule has 0 spiro atoms. The number of ether oxygens (including phenoxy) is 1. The zero-order valence-electron chi connectivity index (χ0n) is 14.3. The maximum atomic E-state index is 13.4. The smallest absolute Gasteiger partial charge is 0.301 e. The summed E-state index contributed by atoms with van der Waals surface area (Å²) in [5.41, 5.74) is 0.0873. The fourth-order valence-corrected chi connectivity index (χ4v) is 3.16. The van der Waals surface area contributed by atoms with Gasteiger partial charge in [0, 0.05) is 42.6 Å². The van der Waals surface area contributed by atoms with Crippen molar-refractivity contribution < 1.29 is 22.3 Å². The average molecular weight is 378 g/mol. The van der Waals surface area contributed by atoms with E-state index in [0.29, 0.717) is 18.1 Å². The molecule has 1 aliphatic rings. The molecule has 3 aromatic rings. The molecule has 1 aliphatic heterocycles. The molecule has 0 radical (unpaired) electrons. The molecule has 142 valence electrons. The van der Waals surface area contributed by atoms with Crippen LogP contribution in [0.25, 0.3) is 11.5 Å². The minimum absolute atomic E-state index is 0.165. The van der Waals surface area contributed by atoms with Gasteiger partial charge in [-0.3, -0.25) is 0 Å². The lowest BCUT2D eigenvalue weighted by Gasteiger charge is -2.15. The van der Waals surface area contributed by atoms with Crippen molar-refractivity contribution >= 4 is 0 Å². The fourth-order valence-electron chi connectivity index (χ4n) is 3.16. The Balaban J connectivity index is 1.51. The summed E-state index contributed by atoms with van der Waals surface area (Å²) in [7, 11) is 0. The number of hydrogen-bond acceptors (Lipinski definition) is 5. The molecular weight excluding hydrogens is 361 g/mol. The highest BCUT2D eigenvalue weighted by Crippen LogP contribution is 2.36. The van der Waals surface area contributed by atoms with Crippen molar-refractivity contribution in [3.05, 3.63) is 54.4 Å². The molecule has 1 aromatic carbocycles. The van der Waals surface area contributed by atoms with Crippen LogP contribution in [0.2, 0.25) is 0 Å². The van der Waals surface area contributed by atoms with Gasteiger partial charge in [0.15, 0.2) is 6.67 Å². The number of halogens is 3. The molecule has 0 amide bonds. The first-order valence-electron chi connectivity index (χ1n) is 8.52. The van der Waals surface area contributed by atoms with Crippen molar-refractivity contribution in [3.63, 3.8) is 0 Å². The summed E-state index contributed by atoms with van der Waals surface area (Å²) >= 11 is 0.